The van der Waals surface area contributed by atoms with Gasteiger partial charge in [-0.1, -0.05) is 57.2 Å². The van der Waals surface area contributed by atoms with E-state index in [0.29, 0.717) is 29.7 Å². The van der Waals surface area contributed by atoms with Crippen LogP contribution in [-0.4, -0.2) is 33.7 Å². The van der Waals surface area contributed by atoms with Crippen molar-refractivity contribution in [2.45, 2.75) is 45.5 Å². The van der Waals surface area contributed by atoms with E-state index in [-0.39, 0.29) is 23.6 Å². The van der Waals surface area contributed by atoms with E-state index in [1.54, 1.807) is 23.4 Å². The van der Waals surface area contributed by atoms with Crippen molar-refractivity contribution in [2.75, 3.05) is 6.54 Å². The predicted molar refractivity (Wildman–Crippen MR) is 133 cm³/mol. The second-order valence-corrected chi connectivity index (χ2v) is 9.72. The number of nitrogens with one attached hydrogen (secondary N) is 1. The number of carbonyl (C=O) groups excluding carboxylic acids is 1. The first-order valence-electron chi connectivity index (χ1n) is 11.6. The number of halogens is 3. The number of amides is 1. The summed E-state index contributed by atoms with van der Waals surface area (Å²) in [6, 6.07) is 17.6. The van der Waals surface area contributed by atoms with E-state index in [9.17, 15) is 18.0 Å². The monoisotopic (exact) mass is 495 g/mol. The standard InChI is InChI=1S/C28H28F3N3O2/c1-27(2,3)22-9-7-20(8-10-22)18-34(26(35)25-24-21(11-14-32-24)12-15-33-25)16-13-19-5-4-6-23(17-19)36-28(29,30)31/h4-12,14-15,17,32H,13,16,18H2,1-3H3. The predicted octanol–water partition coefficient (Wildman–Crippen LogP) is 6.64. The first kappa shape index (κ1) is 25.3. The van der Waals surface area contributed by atoms with Gasteiger partial charge in [-0.3, -0.25) is 4.79 Å². The Balaban J connectivity index is 1.59. The zero-order valence-electron chi connectivity index (χ0n) is 20.4. The molecule has 0 saturated heterocycles. The van der Waals surface area contributed by atoms with Gasteiger partial charge in [0.2, 0.25) is 0 Å². The fourth-order valence-corrected chi connectivity index (χ4v) is 4.04. The van der Waals surface area contributed by atoms with Crippen LogP contribution in [0.2, 0.25) is 0 Å². The van der Waals surface area contributed by atoms with Crippen LogP contribution < -0.4 is 4.74 Å². The van der Waals surface area contributed by atoms with Gasteiger partial charge in [0.1, 0.15) is 5.75 Å². The molecule has 2 heterocycles. The van der Waals surface area contributed by atoms with E-state index in [4.69, 9.17) is 0 Å². The van der Waals surface area contributed by atoms with Crippen LogP contribution >= 0.6 is 0 Å². The summed E-state index contributed by atoms with van der Waals surface area (Å²) in [6.45, 7) is 7.03. The molecule has 4 aromatic rings. The van der Waals surface area contributed by atoms with Gasteiger partial charge in [0.15, 0.2) is 5.69 Å². The van der Waals surface area contributed by atoms with Crippen molar-refractivity contribution in [3.8, 4) is 5.75 Å². The van der Waals surface area contributed by atoms with Crippen LogP contribution in [0.5, 0.6) is 5.75 Å². The van der Waals surface area contributed by atoms with E-state index in [1.807, 2.05) is 24.3 Å². The van der Waals surface area contributed by atoms with Crippen molar-refractivity contribution >= 4 is 16.8 Å². The van der Waals surface area contributed by atoms with Gasteiger partial charge in [0, 0.05) is 30.9 Å². The van der Waals surface area contributed by atoms with E-state index < -0.39 is 6.36 Å². The molecule has 5 nitrogen and oxygen atoms in total. The summed E-state index contributed by atoms with van der Waals surface area (Å²) >= 11 is 0. The quantitative estimate of drug-likeness (QED) is 0.313. The molecule has 2 aromatic heterocycles. The van der Waals surface area contributed by atoms with Gasteiger partial charge >= 0.3 is 6.36 Å². The van der Waals surface area contributed by atoms with Gasteiger partial charge in [-0.25, -0.2) is 4.98 Å². The summed E-state index contributed by atoms with van der Waals surface area (Å²) < 4.78 is 42.0. The van der Waals surface area contributed by atoms with E-state index in [1.165, 1.54) is 23.8 Å². The summed E-state index contributed by atoms with van der Waals surface area (Å²) in [5.41, 5.74) is 3.72. The highest BCUT2D eigenvalue weighted by molar-refractivity contribution is 6.03. The molecule has 188 valence electrons. The Labute approximate surface area is 207 Å². The molecule has 36 heavy (non-hydrogen) atoms. The topological polar surface area (TPSA) is 58.2 Å². The van der Waals surface area contributed by atoms with Crippen LogP contribution in [0.25, 0.3) is 10.9 Å². The third-order valence-corrected chi connectivity index (χ3v) is 5.96. The summed E-state index contributed by atoms with van der Waals surface area (Å²) in [5, 5.41) is 0.875. The largest absolute Gasteiger partial charge is 0.573 e. The molecule has 0 aliphatic rings. The van der Waals surface area contributed by atoms with Gasteiger partial charge in [-0.15, -0.1) is 13.2 Å². The number of hydrogen-bond acceptors (Lipinski definition) is 3. The molecule has 8 heteroatoms. The molecule has 0 atom stereocenters. The molecular formula is C28H28F3N3O2. The van der Waals surface area contributed by atoms with Gasteiger partial charge in [0.05, 0.1) is 5.52 Å². The number of ether oxygens (including phenoxy) is 1. The van der Waals surface area contributed by atoms with Gasteiger partial charge in [-0.05, 0) is 52.8 Å². The lowest BCUT2D eigenvalue weighted by Crippen LogP contribution is -2.33. The second kappa shape index (κ2) is 10.0. The first-order chi connectivity index (χ1) is 17.0. The van der Waals surface area contributed by atoms with Crippen molar-refractivity contribution in [1.29, 1.82) is 0 Å². The molecule has 1 amide bonds. The van der Waals surface area contributed by atoms with Crippen molar-refractivity contribution in [1.82, 2.24) is 14.9 Å². The fraction of sp³-hybridized carbons (Fsp3) is 0.286. The van der Waals surface area contributed by atoms with E-state index in [2.05, 4.69) is 47.6 Å². The van der Waals surface area contributed by atoms with Crippen LogP contribution in [0.4, 0.5) is 13.2 Å². The normalized spacial score (nSPS) is 12.1. The maximum Gasteiger partial charge on any atom is 0.573 e. The first-order valence-corrected chi connectivity index (χ1v) is 11.6. The number of pyridine rings is 1. The maximum absolute atomic E-state index is 13.6. The second-order valence-electron chi connectivity index (χ2n) is 9.72. The lowest BCUT2D eigenvalue weighted by Gasteiger charge is -2.24. The number of rotatable bonds is 7. The SMILES string of the molecule is CC(C)(C)c1ccc(CN(CCc2cccc(OC(F)(F)F)c2)C(=O)c2nccc3cc[nH]c23)cc1. The number of H-pyrrole nitrogens is 1. The number of fused-ring (bicyclic) bond motifs is 1. The minimum Gasteiger partial charge on any atom is -0.406 e. The van der Waals surface area contributed by atoms with Gasteiger partial charge < -0.3 is 14.6 Å². The Morgan fingerprint density at radius 2 is 1.75 bits per heavy atom. The molecule has 2 aromatic carbocycles. The Kier molecular flexibility index (Phi) is 7.06. The average Bonchev–Trinajstić information content (AvgIpc) is 3.29. The molecule has 0 saturated carbocycles. The minimum atomic E-state index is -4.76. The smallest absolute Gasteiger partial charge is 0.406 e. The van der Waals surface area contributed by atoms with Gasteiger partial charge in [-0.2, -0.15) is 0 Å². The van der Waals surface area contributed by atoms with E-state index >= 15 is 0 Å². The number of nitrogens with zero attached hydrogens (tertiary/aromatic N) is 2. The number of aromatic nitrogens is 2. The summed E-state index contributed by atoms with van der Waals surface area (Å²) in [5.74, 6) is -0.542. The van der Waals surface area contributed by atoms with Crippen LogP contribution in [0.1, 0.15) is 48.0 Å². The Hall–Kier alpha value is -3.81. The average molecular weight is 496 g/mol. The molecular weight excluding hydrogens is 467 g/mol. The van der Waals surface area contributed by atoms with E-state index in [0.717, 1.165) is 10.9 Å². The molecule has 0 radical (unpaired) electrons. The van der Waals surface area contributed by atoms with Gasteiger partial charge in [0.25, 0.3) is 5.91 Å². The third-order valence-electron chi connectivity index (χ3n) is 5.96. The molecule has 0 unspecified atom stereocenters. The summed E-state index contributed by atoms with van der Waals surface area (Å²) in [7, 11) is 0. The number of hydrogen-bond donors (Lipinski definition) is 1. The highest BCUT2D eigenvalue weighted by Gasteiger charge is 2.31. The van der Waals surface area contributed by atoms with Crippen LogP contribution in [0.15, 0.2) is 73.1 Å². The zero-order chi connectivity index (χ0) is 25.9. The highest BCUT2D eigenvalue weighted by Crippen LogP contribution is 2.25. The molecule has 0 spiro atoms. The Morgan fingerprint density at radius 1 is 1.00 bits per heavy atom. The number of aromatic amines is 1. The highest BCUT2D eigenvalue weighted by atomic mass is 19.4. The lowest BCUT2D eigenvalue weighted by atomic mass is 9.87. The molecule has 0 fully saturated rings. The molecule has 4 rings (SSSR count). The molecule has 0 aliphatic heterocycles. The lowest BCUT2D eigenvalue weighted by molar-refractivity contribution is -0.274. The summed E-state index contributed by atoms with van der Waals surface area (Å²) in [6.07, 6.45) is -1.07. The van der Waals surface area contributed by atoms with Crippen molar-refractivity contribution in [3.63, 3.8) is 0 Å². The number of benzene rings is 2. The van der Waals surface area contributed by atoms with Crippen LogP contribution in [-0.2, 0) is 18.4 Å². The minimum absolute atomic E-state index is 0.00468. The summed E-state index contributed by atoms with van der Waals surface area (Å²) in [4.78, 5) is 22.7. The van der Waals surface area contributed by atoms with Crippen molar-refractivity contribution in [2.24, 2.45) is 0 Å². The zero-order valence-corrected chi connectivity index (χ0v) is 20.4. The van der Waals surface area contributed by atoms with Crippen molar-refractivity contribution < 1.29 is 22.7 Å². The number of carbonyl (C=O) groups is 1. The Bertz CT molecular complexity index is 1340. The molecule has 1 N–H and O–H groups in total. The maximum atomic E-state index is 13.6. The number of alkyl halides is 3. The molecule has 0 bridgehead atoms. The molecule has 0 aliphatic carbocycles. The fourth-order valence-electron chi connectivity index (χ4n) is 4.04. The van der Waals surface area contributed by atoms with Crippen molar-refractivity contribution in [3.05, 3.63) is 95.4 Å². The van der Waals surface area contributed by atoms with Crippen LogP contribution in [0, 0.1) is 0 Å². The van der Waals surface area contributed by atoms with Crippen LogP contribution in [0.3, 0.4) is 0 Å². The third kappa shape index (κ3) is 6.24. The Morgan fingerprint density at radius 3 is 2.44 bits per heavy atom.